The van der Waals surface area contributed by atoms with Gasteiger partial charge in [-0.2, -0.15) is 0 Å². The molecule has 3 saturated heterocycles. The Morgan fingerprint density at radius 2 is 1.86 bits per heavy atom. The van der Waals surface area contributed by atoms with Gasteiger partial charge in [0.2, 0.25) is 11.8 Å². The third-order valence-electron chi connectivity index (χ3n) is 4.81. The van der Waals surface area contributed by atoms with E-state index in [-0.39, 0.29) is 35.9 Å². The fraction of sp³-hybridized carbons (Fsp3) is 0.467. The lowest BCUT2D eigenvalue weighted by molar-refractivity contribution is -0.125. The fourth-order valence-corrected chi connectivity index (χ4v) is 4.18. The van der Waals surface area contributed by atoms with Gasteiger partial charge >= 0.3 is 0 Å². The summed E-state index contributed by atoms with van der Waals surface area (Å²) < 4.78 is 5.80. The molecule has 1 aromatic carbocycles. The number of anilines is 1. The highest BCUT2D eigenvalue weighted by Crippen LogP contribution is 2.51. The van der Waals surface area contributed by atoms with Crippen molar-refractivity contribution in [3.8, 4) is 0 Å². The van der Waals surface area contributed by atoms with Crippen molar-refractivity contribution in [1.29, 1.82) is 0 Å². The Hall–Kier alpha value is -1.10. The summed E-state index contributed by atoms with van der Waals surface area (Å²) in [5.41, 5.74) is 0.487. The molecule has 2 bridgehead atoms. The van der Waals surface area contributed by atoms with Crippen molar-refractivity contribution in [2.24, 2.45) is 17.8 Å². The van der Waals surface area contributed by atoms with Crippen LogP contribution in [0.25, 0.3) is 0 Å². The van der Waals surface area contributed by atoms with Gasteiger partial charge in [-0.3, -0.25) is 9.59 Å². The van der Waals surface area contributed by atoms with Crippen molar-refractivity contribution in [3.05, 3.63) is 28.2 Å². The second-order valence-electron chi connectivity index (χ2n) is 6.01. The largest absolute Gasteiger partial charge is 0.373 e. The van der Waals surface area contributed by atoms with E-state index in [1.807, 2.05) is 0 Å². The van der Waals surface area contributed by atoms with E-state index in [0.717, 1.165) is 6.42 Å². The Morgan fingerprint density at radius 1 is 1.14 bits per heavy atom. The van der Waals surface area contributed by atoms with Crippen molar-refractivity contribution in [3.63, 3.8) is 0 Å². The number of halogens is 2. The third-order valence-corrected chi connectivity index (χ3v) is 5.55. The molecule has 0 N–H and O–H groups in total. The lowest BCUT2D eigenvalue weighted by Crippen LogP contribution is -2.35. The van der Waals surface area contributed by atoms with Gasteiger partial charge in [0.1, 0.15) is 0 Å². The molecule has 3 heterocycles. The maximum atomic E-state index is 12.7. The Labute approximate surface area is 132 Å². The summed E-state index contributed by atoms with van der Waals surface area (Å²) in [7, 11) is 0. The first-order valence-electron chi connectivity index (χ1n) is 6.97. The first-order chi connectivity index (χ1) is 9.99. The molecule has 5 atom stereocenters. The highest BCUT2D eigenvalue weighted by atomic mass is 35.5. The van der Waals surface area contributed by atoms with Gasteiger partial charge in [-0.1, -0.05) is 30.1 Å². The molecule has 2 unspecified atom stereocenters. The zero-order valence-corrected chi connectivity index (χ0v) is 12.8. The number of nitrogens with zero attached hydrogens (tertiary/aromatic N) is 1. The van der Waals surface area contributed by atoms with Crippen LogP contribution in [0.15, 0.2) is 18.2 Å². The number of carbonyl (C=O) groups excluding carboxylic acids is 2. The van der Waals surface area contributed by atoms with Crippen LogP contribution in [0.3, 0.4) is 0 Å². The normalized spacial score (nSPS) is 37.5. The molecule has 3 aliphatic rings. The number of hydrogen-bond donors (Lipinski definition) is 0. The quantitative estimate of drug-likeness (QED) is 0.746. The van der Waals surface area contributed by atoms with Crippen molar-refractivity contribution in [2.45, 2.75) is 25.6 Å². The molecule has 21 heavy (non-hydrogen) atoms. The van der Waals surface area contributed by atoms with Gasteiger partial charge in [-0.05, 0) is 30.5 Å². The molecule has 0 aliphatic carbocycles. The molecule has 6 heteroatoms. The number of fused-ring (bicyclic) bond motifs is 5. The minimum absolute atomic E-state index is 0.126. The van der Waals surface area contributed by atoms with Crippen LogP contribution < -0.4 is 4.90 Å². The number of carbonyl (C=O) groups is 2. The lowest BCUT2D eigenvalue weighted by Gasteiger charge is -2.21. The summed E-state index contributed by atoms with van der Waals surface area (Å²) in [6, 6.07) is 4.81. The predicted molar refractivity (Wildman–Crippen MR) is 78.4 cm³/mol. The minimum atomic E-state index is -0.347. The summed E-state index contributed by atoms with van der Waals surface area (Å²) >= 11 is 11.9. The van der Waals surface area contributed by atoms with Crippen LogP contribution in [0, 0.1) is 17.8 Å². The van der Waals surface area contributed by atoms with Gasteiger partial charge < -0.3 is 4.74 Å². The summed E-state index contributed by atoms with van der Waals surface area (Å²) in [6.45, 7) is 2.07. The zero-order chi connectivity index (χ0) is 14.9. The number of benzene rings is 1. The fourth-order valence-electron chi connectivity index (χ4n) is 3.89. The molecular formula is C15H13Cl2NO3. The monoisotopic (exact) mass is 325 g/mol. The van der Waals surface area contributed by atoms with Crippen molar-refractivity contribution < 1.29 is 14.3 Å². The van der Waals surface area contributed by atoms with Crippen molar-refractivity contribution in [1.82, 2.24) is 0 Å². The summed E-state index contributed by atoms with van der Waals surface area (Å²) in [4.78, 5) is 26.6. The predicted octanol–water partition coefficient (Wildman–Crippen LogP) is 2.91. The molecule has 2 amide bonds. The molecule has 4 rings (SSSR count). The topological polar surface area (TPSA) is 46.6 Å². The van der Waals surface area contributed by atoms with Crippen molar-refractivity contribution in [2.75, 3.05) is 4.90 Å². The van der Waals surface area contributed by atoms with Gasteiger partial charge in [0.25, 0.3) is 0 Å². The smallest absolute Gasteiger partial charge is 0.240 e. The van der Waals surface area contributed by atoms with Crippen LogP contribution in [-0.4, -0.2) is 24.0 Å². The second-order valence-corrected chi connectivity index (χ2v) is 6.83. The SMILES string of the molecule is C[C@@H]1CC2OC1[C@H]1C(=O)N(c3ccc(Cl)c(Cl)c3)C(=O)[C@@H]21. The van der Waals surface area contributed by atoms with E-state index in [1.165, 1.54) is 4.90 Å². The van der Waals surface area contributed by atoms with E-state index >= 15 is 0 Å². The molecule has 0 saturated carbocycles. The standard InChI is InChI=1S/C15H13Cl2NO3/c1-6-4-10-11-12(13(6)21-10)15(20)18(14(11)19)7-2-3-8(16)9(17)5-7/h2-3,5-6,10-13H,4H2,1H3/t6-,10?,11+,12+,13?/m1/s1. The van der Waals surface area contributed by atoms with Gasteiger partial charge in [0.15, 0.2) is 0 Å². The molecule has 4 nitrogen and oxygen atoms in total. The zero-order valence-electron chi connectivity index (χ0n) is 11.3. The summed E-state index contributed by atoms with van der Waals surface area (Å²) in [5, 5.41) is 0.733. The number of ether oxygens (including phenoxy) is 1. The van der Waals surface area contributed by atoms with Gasteiger partial charge in [0, 0.05) is 0 Å². The van der Waals surface area contributed by atoms with E-state index in [2.05, 4.69) is 6.92 Å². The first kappa shape index (κ1) is 13.6. The Balaban J connectivity index is 1.74. The van der Waals surface area contributed by atoms with Crippen molar-refractivity contribution >= 4 is 40.7 Å². The van der Waals surface area contributed by atoms with Gasteiger partial charge in [-0.15, -0.1) is 0 Å². The maximum Gasteiger partial charge on any atom is 0.240 e. The van der Waals surface area contributed by atoms with Crippen LogP contribution >= 0.6 is 23.2 Å². The molecule has 0 spiro atoms. The van der Waals surface area contributed by atoms with E-state index in [9.17, 15) is 9.59 Å². The Morgan fingerprint density at radius 3 is 2.57 bits per heavy atom. The van der Waals surface area contributed by atoms with Gasteiger partial charge in [0.05, 0.1) is 39.8 Å². The van der Waals surface area contributed by atoms with E-state index in [0.29, 0.717) is 21.7 Å². The Bertz CT molecular complexity index is 662. The maximum absolute atomic E-state index is 12.7. The number of hydrogen-bond acceptors (Lipinski definition) is 3. The van der Waals surface area contributed by atoms with E-state index in [1.54, 1.807) is 18.2 Å². The molecular weight excluding hydrogens is 313 g/mol. The van der Waals surface area contributed by atoms with Crippen LogP contribution in [0.5, 0.6) is 0 Å². The highest BCUT2D eigenvalue weighted by Gasteiger charge is 2.64. The van der Waals surface area contributed by atoms with Crippen LogP contribution in [0.2, 0.25) is 10.0 Å². The first-order valence-corrected chi connectivity index (χ1v) is 7.73. The summed E-state index contributed by atoms with van der Waals surface area (Å²) in [6.07, 6.45) is 0.587. The molecule has 0 radical (unpaired) electrons. The highest BCUT2D eigenvalue weighted by molar-refractivity contribution is 6.42. The van der Waals surface area contributed by atoms with E-state index < -0.39 is 0 Å². The Kier molecular flexibility index (Phi) is 2.87. The number of amides is 2. The van der Waals surface area contributed by atoms with E-state index in [4.69, 9.17) is 27.9 Å². The molecule has 110 valence electrons. The third kappa shape index (κ3) is 1.73. The molecule has 1 aromatic rings. The minimum Gasteiger partial charge on any atom is -0.373 e. The number of imide groups is 1. The average molecular weight is 326 g/mol. The molecule has 3 aliphatic heterocycles. The van der Waals surface area contributed by atoms with Crippen LogP contribution in [0.4, 0.5) is 5.69 Å². The molecule has 0 aromatic heterocycles. The van der Waals surface area contributed by atoms with Crippen LogP contribution in [-0.2, 0) is 14.3 Å². The average Bonchev–Trinajstić information content (AvgIpc) is 3.05. The second kappa shape index (κ2) is 4.45. The lowest BCUT2D eigenvalue weighted by atomic mass is 9.76. The van der Waals surface area contributed by atoms with Gasteiger partial charge in [-0.25, -0.2) is 4.90 Å². The summed E-state index contributed by atoms with van der Waals surface area (Å²) in [5.74, 6) is -0.721. The molecule has 3 fully saturated rings. The number of rotatable bonds is 1. The van der Waals surface area contributed by atoms with Crippen LogP contribution in [0.1, 0.15) is 13.3 Å².